The molecule has 4 fully saturated rings. The lowest BCUT2D eigenvalue weighted by Crippen LogP contribution is -2.76. The van der Waals surface area contributed by atoms with E-state index in [1.807, 2.05) is 20.8 Å². The molecule has 3 saturated carbocycles. The van der Waals surface area contributed by atoms with Crippen LogP contribution in [0.3, 0.4) is 0 Å². The van der Waals surface area contributed by atoms with Crippen molar-refractivity contribution in [1.82, 2.24) is 10.2 Å². The standard InChI is InChI=1S/C17H30N2O4/c1-14(2,3)23-13(21)19-6-4-17(22,5-7-19)11-18-16-8-15(9-16,10-16)12-20/h18,20,22H,4-12H2,1-3H3. The third-order valence-electron chi connectivity index (χ3n) is 5.61. The van der Waals surface area contributed by atoms with Crippen molar-refractivity contribution in [1.29, 1.82) is 0 Å². The fraction of sp³-hybridized carbons (Fsp3) is 0.941. The van der Waals surface area contributed by atoms with Crippen molar-refractivity contribution in [3.8, 4) is 0 Å². The molecule has 6 nitrogen and oxygen atoms in total. The van der Waals surface area contributed by atoms with Gasteiger partial charge >= 0.3 is 6.09 Å². The summed E-state index contributed by atoms with van der Waals surface area (Å²) in [5, 5.41) is 23.6. The summed E-state index contributed by atoms with van der Waals surface area (Å²) in [5.41, 5.74) is -0.907. The molecule has 2 bridgehead atoms. The second-order valence-electron chi connectivity index (χ2n) is 9.01. The zero-order valence-corrected chi connectivity index (χ0v) is 14.5. The molecule has 0 atom stereocenters. The van der Waals surface area contributed by atoms with E-state index in [4.69, 9.17) is 4.74 Å². The van der Waals surface area contributed by atoms with Crippen molar-refractivity contribution >= 4 is 6.09 Å². The quantitative estimate of drug-likeness (QED) is 0.724. The van der Waals surface area contributed by atoms with Gasteiger partial charge in [-0.1, -0.05) is 0 Å². The molecule has 1 aliphatic heterocycles. The number of piperidine rings is 1. The minimum absolute atomic E-state index is 0.154. The minimum Gasteiger partial charge on any atom is -0.444 e. The van der Waals surface area contributed by atoms with Gasteiger partial charge in [-0.3, -0.25) is 0 Å². The summed E-state index contributed by atoms with van der Waals surface area (Å²) in [6, 6.07) is 0. The Balaban J connectivity index is 1.42. The lowest BCUT2D eigenvalue weighted by atomic mass is 9.39. The normalized spacial score (nSPS) is 35.3. The number of hydrogen-bond acceptors (Lipinski definition) is 5. The molecule has 0 aromatic heterocycles. The van der Waals surface area contributed by atoms with Crippen LogP contribution in [0.1, 0.15) is 52.9 Å². The number of carbonyl (C=O) groups is 1. The highest BCUT2D eigenvalue weighted by Crippen LogP contribution is 2.66. The Hall–Kier alpha value is -0.850. The van der Waals surface area contributed by atoms with Gasteiger partial charge in [-0.15, -0.1) is 0 Å². The van der Waals surface area contributed by atoms with Crippen molar-refractivity contribution in [3.05, 3.63) is 0 Å². The number of rotatable bonds is 4. The Kier molecular flexibility index (Phi) is 3.93. The number of ether oxygens (including phenoxy) is 1. The van der Waals surface area contributed by atoms with Crippen LogP contribution >= 0.6 is 0 Å². The topological polar surface area (TPSA) is 82.0 Å². The first-order chi connectivity index (χ1) is 10.6. The Morgan fingerprint density at radius 2 is 1.78 bits per heavy atom. The van der Waals surface area contributed by atoms with Crippen LogP contribution in [-0.2, 0) is 4.74 Å². The number of aliphatic hydroxyl groups excluding tert-OH is 1. The zero-order chi connectivity index (χ0) is 16.9. The molecule has 1 saturated heterocycles. The van der Waals surface area contributed by atoms with E-state index < -0.39 is 11.2 Å². The first kappa shape index (κ1) is 17.0. The molecular formula is C17H30N2O4. The maximum absolute atomic E-state index is 12.1. The Bertz CT molecular complexity index is 458. The number of carbonyl (C=O) groups excluding carboxylic acids is 1. The van der Waals surface area contributed by atoms with Gasteiger partial charge in [0.25, 0.3) is 0 Å². The lowest BCUT2D eigenvalue weighted by Gasteiger charge is -2.71. The summed E-state index contributed by atoms with van der Waals surface area (Å²) in [6.07, 6.45) is 3.92. The molecule has 1 amide bonds. The van der Waals surface area contributed by atoms with E-state index >= 15 is 0 Å². The summed E-state index contributed by atoms with van der Waals surface area (Å²) < 4.78 is 5.38. The molecule has 0 aromatic rings. The Morgan fingerprint density at radius 1 is 1.22 bits per heavy atom. The largest absolute Gasteiger partial charge is 0.444 e. The van der Waals surface area contributed by atoms with Gasteiger partial charge in [0.2, 0.25) is 0 Å². The average Bonchev–Trinajstić information content (AvgIpc) is 2.34. The van der Waals surface area contributed by atoms with Gasteiger partial charge < -0.3 is 25.2 Å². The Morgan fingerprint density at radius 3 is 2.26 bits per heavy atom. The van der Waals surface area contributed by atoms with Crippen LogP contribution in [-0.4, -0.2) is 64.2 Å². The number of nitrogens with zero attached hydrogens (tertiary/aromatic N) is 1. The third-order valence-corrected chi connectivity index (χ3v) is 5.61. The number of β-amino-alcohol motifs (C(OH)–C–C–N with tert-alkyl or cyclic N) is 1. The number of aliphatic hydroxyl groups is 2. The second kappa shape index (κ2) is 5.33. The van der Waals surface area contributed by atoms with Crippen LogP contribution in [0.4, 0.5) is 4.79 Å². The molecule has 3 N–H and O–H groups in total. The molecule has 1 heterocycles. The van der Waals surface area contributed by atoms with Gasteiger partial charge in [-0.05, 0) is 58.3 Å². The number of hydrogen-bond donors (Lipinski definition) is 3. The van der Waals surface area contributed by atoms with Crippen LogP contribution in [0.5, 0.6) is 0 Å². The summed E-state index contributed by atoms with van der Waals surface area (Å²) in [6.45, 7) is 7.48. The minimum atomic E-state index is -0.750. The van der Waals surface area contributed by atoms with Crippen molar-refractivity contribution in [2.75, 3.05) is 26.2 Å². The third kappa shape index (κ3) is 3.35. The van der Waals surface area contributed by atoms with Crippen molar-refractivity contribution in [3.63, 3.8) is 0 Å². The summed E-state index contributed by atoms with van der Waals surface area (Å²) in [4.78, 5) is 13.7. The molecule has 132 valence electrons. The molecule has 0 radical (unpaired) electrons. The molecule has 4 rings (SSSR count). The van der Waals surface area contributed by atoms with E-state index in [2.05, 4.69) is 5.32 Å². The average molecular weight is 326 g/mol. The molecule has 0 aromatic carbocycles. The van der Waals surface area contributed by atoms with E-state index in [1.165, 1.54) is 0 Å². The maximum Gasteiger partial charge on any atom is 0.410 e. The van der Waals surface area contributed by atoms with E-state index in [9.17, 15) is 15.0 Å². The van der Waals surface area contributed by atoms with Crippen LogP contribution in [0, 0.1) is 5.41 Å². The Labute approximate surface area is 138 Å². The van der Waals surface area contributed by atoms with Gasteiger partial charge in [-0.2, -0.15) is 0 Å². The molecule has 0 spiro atoms. The van der Waals surface area contributed by atoms with Gasteiger partial charge in [0, 0.05) is 31.8 Å². The lowest BCUT2D eigenvalue weighted by molar-refractivity contribution is -0.184. The number of nitrogens with one attached hydrogen (secondary N) is 1. The highest BCUT2D eigenvalue weighted by Gasteiger charge is 2.67. The maximum atomic E-state index is 12.1. The van der Waals surface area contributed by atoms with Crippen LogP contribution in [0.2, 0.25) is 0 Å². The van der Waals surface area contributed by atoms with Crippen molar-refractivity contribution in [2.24, 2.45) is 5.41 Å². The zero-order valence-electron chi connectivity index (χ0n) is 14.5. The second-order valence-corrected chi connectivity index (χ2v) is 9.01. The van der Waals surface area contributed by atoms with E-state index in [-0.39, 0.29) is 23.7 Å². The molecular weight excluding hydrogens is 296 g/mol. The molecule has 0 unspecified atom stereocenters. The van der Waals surface area contributed by atoms with Crippen LogP contribution in [0.15, 0.2) is 0 Å². The van der Waals surface area contributed by atoms with E-state index in [0.717, 1.165) is 19.3 Å². The highest BCUT2D eigenvalue weighted by atomic mass is 16.6. The number of likely N-dealkylation sites (tertiary alicyclic amines) is 1. The summed E-state index contributed by atoms with van der Waals surface area (Å²) in [7, 11) is 0. The summed E-state index contributed by atoms with van der Waals surface area (Å²) >= 11 is 0. The highest BCUT2D eigenvalue weighted by molar-refractivity contribution is 5.68. The fourth-order valence-electron chi connectivity index (χ4n) is 4.31. The molecule has 23 heavy (non-hydrogen) atoms. The van der Waals surface area contributed by atoms with Gasteiger partial charge in [0.15, 0.2) is 0 Å². The molecule has 3 aliphatic carbocycles. The summed E-state index contributed by atoms with van der Waals surface area (Å²) in [5.74, 6) is 0. The first-order valence-electron chi connectivity index (χ1n) is 8.65. The number of amides is 1. The predicted molar refractivity (Wildman–Crippen MR) is 86.1 cm³/mol. The SMILES string of the molecule is CC(C)(C)OC(=O)N1CCC(O)(CNC23CC(CO)(C2)C3)CC1. The molecule has 6 heteroatoms. The first-order valence-corrected chi connectivity index (χ1v) is 8.65. The van der Waals surface area contributed by atoms with Gasteiger partial charge in [0.05, 0.1) is 5.60 Å². The predicted octanol–water partition coefficient (Wildman–Crippen LogP) is 1.25. The van der Waals surface area contributed by atoms with Crippen molar-refractivity contribution in [2.45, 2.75) is 69.6 Å². The van der Waals surface area contributed by atoms with Gasteiger partial charge in [-0.25, -0.2) is 4.79 Å². The van der Waals surface area contributed by atoms with Crippen LogP contribution in [0.25, 0.3) is 0 Å². The van der Waals surface area contributed by atoms with Gasteiger partial charge in [0.1, 0.15) is 5.60 Å². The monoisotopic (exact) mass is 326 g/mol. The smallest absolute Gasteiger partial charge is 0.410 e. The molecule has 4 aliphatic rings. The van der Waals surface area contributed by atoms with Crippen molar-refractivity contribution < 1.29 is 19.7 Å². The fourth-order valence-corrected chi connectivity index (χ4v) is 4.31. The van der Waals surface area contributed by atoms with Crippen LogP contribution < -0.4 is 5.32 Å². The van der Waals surface area contributed by atoms with E-state index in [1.54, 1.807) is 4.90 Å². The van der Waals surface area contributed by atoms with E-state index in [0.29, 0.717) is 32.5 Å².